The van der Waals surface area contributed by atoms with Crippen molar-refractivity contribution in [3.63, 3.8) is 0 Å². The van der Waals surface area contributed by atoms with E-state index in [-0.39, 0.29) is 11.9 Å². The fourth-order valence-corrected chi connectivity index (χ4v) is 2.81. The van der Waals surface area contributed by atoms with Gasteiger partial charge in [0, 0.05) is 6.42 Å². The third-order valence-corrected chi connectivity index (χ3v) is 3.83. The number of ketones is 1. The van der Waals surface area contributed by atoms with E-state index in [2.05, 4.69) is 6.92 Å². The summed E-state index contributed by atoms with van der Waals surface area (Å²) in [6, 6.07) is 0. The molecule has 0 spiro atoms. The molecule has 1 rings (SSSR count). The molecule has 1 saturated heterocycles. The lowest BCUT2D eigenvalue weighted by molar-refractivity contribution is -0.121. The zero-order valence-electron chi connectivity index (χ0n) is 12.2. The van der Waals surface area contributed by atoms with Gasteiger partial charge < -0.3 is 4.74 Å². The van der Waals surface area contributed by atoms with Crippen molar-refractivity contribution < 1.29 is 9.53 Å². The van der Waals surface area contributed by atoms with Crippen LogP contribution in [0.2, 0.25) is 0 Å². The number of carbonyl (C=O) groups is 1. The van der Waals surface area contributed by atoms with Crippen LogP contribution in [0.4, 0.5) is 0 Å². The van der Waals surface area contributed by atoms with Crippen LogP contribution in [0.15, 0.2) is 0 Å². The molecule has 1 heterocycles. The van der Waals surface area contributed by atoms with E-state index in [0.717, 1.165) is 6.42 Å². The van der Waals surface area contributed by atoms with E-state index in [1.54, 1.807) is 6.92 Å². The molecule has 1 aliphatic heterocycles. The van der Waals surface area contributed by atoms with E-state index in [0.29, 0.717) is 12.5 Å². The molecule has 18 heavy (non-hydrogen) atoms. The lowest BCUT2D eigenvalue weighted by Gasteiger charge is -2.21. The average Bonchev–Trinajstić information content (AvgIpc) is 2.53. The van der Waals surface area contributed by atoms with Crippen molar-refractivity contribution in [2.45, 2.75) is 96.7 Å². The summed E-state index contributed by atoms with van der Waals surface area (Å²) in [7, 11) is 0. The smallest absolute Gasteiger partial charge is 0.132 e. The van der Waals surface area contributed by atoms with Crippen LogP contribution in [0.1, 0.15) is 84.5 Å². The van der Waals surface area contributed by atoms with Crippen LogP contribution >= 0.6 is 0 Å². The normalized spacial score (nSPS) is 24.8. The zero-order valence-corrected chi connectivity index (χ0v) is 12.2. The second kappa shape index (κ2) is 9.55. The van der Waals surface area contributed by atoms with Gasteiger partial charge in [0.2, 0.25) is 0 Å². The predicted molar refractivity (Wildman–Crippen MR) is 75.8 cm³/mol. The Morgan fingerprint density at radius 1 is 1.06 bits per heavy atom. The minimum atomic E-state index is 0.200. The fourth-order valence-electron chi connectivity index (χ4n) is 2.81. The second-order valence-electron chi connectivity index (χ2n) is 5.77. The Balaban J connectivity index is 2.19. The monoisotopic (exact) mass is 254 g/mol. The van der Waals surface area contributed by atoms with Gasteiger partial charge in [-0.05, 0) is 26.2 Å². The number of carbonyl (C=O) groups excluding carboxylic acids is 1. The highest BCUT2D eigenvalue weighted by Crippen LogP contribution is 2.24. The van der Waals surface area contributed by atoms with Gasteiger partial charge in [0.05, 0.1) is 12.2 Å². The maximum atomic E-state index is 11.2. The van der Waals surface area contributed by atoms with E-state index in [4.69, 9.17) is 4.74 Å². The third-order valence-electron chi connectivity index (χ3n) is 3.83. The number of ether oxygens (including phenoxy) is 1. The van der Waals surface area contributed by atoms with E-state index in [1.165, 1.54) is 57.8 Å². The fraction of sp³-hybridized carbons (Fsp3) is 0.938. The molecule has 0 aromatic carbocycles. The maximum absolute atomic E-state index is 11.2. The summed E-state index contributed by atoms with van der Waals surface area (Å²) in [6.07, 6.45) is 13.8. The molecule has 0 aromatic heterocycles. The second-order valence-corrected chi connectivity index (χ2v) is 5.77. The molecule has 2 nitrogen and oxygen atoms in total. The van der Waals surface area contributed by atoms with Crippen LogP contribution in [-0.2, 0) is 9.53 Å². The summed E-state index contributed by atoms with van der Waals surface area (Å²) in [5.74, 6) is 0.267. The Morgan fingerprint density at radius 2 is 1.72 bits per heavy atom. The molecule has 2 heteroatoms. The summed E-state index contributed by atoms with van der Waals surface area (Å²) >= 11 is 0. The van der Waals surface area contributed by atoms with Gasteiger partial charge in [-0.1, -0.05) is 51.9 Å². The Kier molecular flexibility index (Phi) is 8.32. The van der Waals surface area contributed by atoms with Gasteiger partial charge in [-0.15, -0.1) is 0 Å². The van der Waals surface area contributed by atoms with Gasteiger partial charge in [0.15, 0.2) is 0 Å². The molecule has 0 aliphatic carbocycles. The van der Waals surface area contributed by atoms with Gasteiger partial charge >= 0.3 is 0 Å². The Labute approximate surface area is 112 Å². The molecule has 0 aromatic rings. The Morgan fingerprint density at radius 3 is 2.39 bits per heavy atom. The van der Waals surface area contributed by atoms with Crippen molar-refractivity contribution in [2.24, 2.45) is 0 Å². The van der Waals surface area contributed by atoms with E-state index >= 15 is 0 Å². The van der Waals surface area contributed by atoms with Crippen molar-refractivity contribution in [2.75, 3.05) is 0 Å². The molecule has 0 unspecified atom stereocenters. The van der Waals surface area contributed by atoms with Crippen LogP contribution < -0.4 is 0 Å². The van der Waals surface area contributed by atoms with Gasteiger partial charge in [-0.3, -0.25) is 4.79 Å². The van der Waals surface area contributed by atoms with Crippen LogP contribution in [0.5, 0.6) is 0 Å². The summed E-state index contributed by atoms with van der Waals surface area (Å²) in [6.45, 7) is 3.93. The van der Waals surface area contributed by atoms with E-state index < -0.39 is 0 Å². The summed E-state index contributed by atoms with van der Waals surface area (Å²) < 4.78 is 6.11. The highest BCUT2D eigenvalue weighted by Gasteiger charge is 2.21. The minimum Gasteiger partial charge on any atom is -0.375 e. The number of hydrogen-bond donors (Lipinski definition) is 0. The highest BCUT2D eigenvalue weighted by molar-refractivity contribution is 5.75. The Hall–Kier alpha value is -0.370. The molecule has 0 amide bonds. The zero-order chi connectivity index (χ0) is 13.2. The molecule has 0 bridgehead atoms. The van der Waals surface area contributed by atoms with Gasteiger partial charge in [-0.25, -0.2) is 0 Å². The van der Waals surface area contributed by atoms with Crippen molar-refractivity contribution in [3.05, 3.63) is 0 Å². The molecular formula is C16H30O2. The van der Waals surface area contributed by atoms with Crippen molar-refractivity contribution in [1.82, 2.24) is 0 Å². The number of hydrogen-bond acceptors (Lipinski definition) is 2. The van der Waals surface area contributed by atoms with Crippen molar-refractivity contribution in [1.29, 1.82) is 0 Å². The van der Waals surface area contributed by atoms with E-state index in [1.807, 2.05) is 0 Å². The highest BCUT2D eigenvalue weighted by atomic mass is 16.5. The van der Waals surface area contributed by atoms with Crippen molar-refractivity contribution >= 4 is 5.78 Å². The largest absolute Gasteiger partial charge is 0.375 e. The van der Waals surface area contributed by atoms with Gasteiger partial charge in [0.25, 0.3) is 0 Å². The van der Waals surface area contributed by atoms with E-state index in [9.17, 15) is 4.79 Å². The van der Waals surface area contributed by atoms with Crippen LogP contribution in [0.25, 0.3) is 0 Å². The molecule has 0 saturated carbocycles. The number of Topliss-reactive ketones (excluding diaryl/α,β-unsaturated/α-hetero) is 1. The molecule has 2 atom stereocenters. The first-order valence-corrected chi connectivity index (χ1v) is 7.87. The van der Waals surface area contributed by atoms with Gasteiger partial charge in [-0.2, -0.15) is 0 Å². The molecule has 106 valence electrons. The quantitative estimate of drug-likeness (QED) is 0.589. The lowest BCUT2D eigenvalue weighted by atomic mass is 10.0. The summed E-state index contributed by atoms with van der Waals surface area (Å²) in [5.41, 5.74) is 0. The molecule has 0 N–H and O–H groups in total. The van der Waals surface area contributed by atoms with Crippen molar-refractivity contribution in [3.8, 4) is 0 Å². The first-order valence-electron chi connectivity index (χ1n) is 7.87. The topological polar surface area (TPSA) is 26.3 Å². The molecular weight excluding hydrogens is 224 g/mol. The molecule has 0 radical (unpaired) electrons. The summed E-state index contributed by atoms with van der Waals surface area (Å²) in [5, 5.41) is 0. The lowest BCUT2D eigenvalue weighted by Crippen LogP contribution is -2.22. The van der Waals surface area contributed by atoms with Crippen LogP contribution in [-0.4, -0.2) is 18.0 Å². The SMILES string of the molecule is CCCCCCC[C@@H]1CCCC[C@H](CC(C)=O)O1. The average molecular weight is 254 g/mol. The standard InChI is InChI=1S/C16H30O2/c1-3-4-5-6-7-10-15-11-8-9-12-16(18-15)13-14(2)17/h15-16H,3-13H2,1-2H3/t15-,16-/m1/s1. The number of rotatable bonds is 8. The van der Waals surface area contributed by atoms with Crippen LogP contribution in [0, 0.1) is 0 Å². The maximum Gasteiger partial charge on any atom is 0.132 e. The first-order chi connectivity index (χ1) is 8.72. The third kappa shape index (κ3) is 7.15. The van der Waals surface area contributed by atoms with Gasteiger partial charge in [0.1, 0.15) is 5.78 Å². The molecule has 1 aliphatic rings. The first kappa shape index (κ1) is 15.7. The van der Waals surface area contributed by atoms with Crippen LogP contribution in [0.3, 0.4) is 0 Å². The molecule has 1 fully saturated rings. The minimum absolute atomic E-state index is 0.200. The number of unbranched alkanes of at least 4 members (excludes halogenated alkanes) is 4. The Bertz CT molecular complexity index is 225. The summed E-state index contributed by atoms with van der Waals surface area (Å²) in [4.78, 5) is 11.2. The predicted octanol–water partition coefficient (Wildman–Crippen LogP) is 4.65.